The summed E-state index contributed by atoms with van der Waals surface area (Å²) in [5, 5.41) is 7.43. The predicted molar refractivity (Wildman–Crippen MR) is 62.4 cm³/mol. The molecule has 3 nitrogen and oxygen atoms in total. The molecule has 0 aliphatic heterocycles. The van der Waals surface area contributed by atoms with Gasteiger partial charge < -0.3 is 5.32 Å². The number of hydrogen-bond acceptors (Lipinski definition) is 2. The van der Waals surface area contributed by atoms with Crippen molar-refractivity contribution in [2.24, 2.45) is 7.05 Å². The summed E-state index contributed by atoms with van der Waals surface area (Å²) >= 11 is 0. The molecule has 0 bridgehead atoms. The fourth-order valence-electron chi connectivity index (χ4n) is 1.70. The van der Waals surface area contributed by atoms with E-state index in [-0.39, 0.29) is 0 Å². The molecule has 1 heterocycles. The Hall–Kier alpha value is -1.77. The number of rotatable bonds is 2. The first kappa shape index (κ1) is 9.77. The summed E-state index contributed by atoms with van der Waals surface area (Å²) in [6.45, 7) is 4.20. The van der Waals surface area contributed by atoms with Gasteiger partial charge in [-0.05, 0) is 37.1 Å². The average Bonchev–Trinajstić information content (AvgIpc) is 2.49. The van der Waals surface area contributed by atoms with Gasteiger partial charge in [-0.3, -0.25) is 4.68 Å². The Morgan fingerprint density at radius 3 is 2.27 bits per heavy atom. The number of hydrogen-bond donors (Lipinski definition) is 1. The average molecular weight is 201 g/mol. The lowest BCUT2D eigenvalue weighted by molar-refractivity contribution is 0.768. The van der Waals surface area contributed by atoms with Gasteiger partial charge in [-0.2, -0.15) is 5.10 Å². The summed E-state index contributed by atoms with van der Waals surface area (Å²) in [5.41, 5.74) is 4.66. The molecule has 1 aromatic heterocycles. The van der Waals surface area contributed by atoms with Crippen molar-refractivity contribution in [3.05, 3.63) is 41.7 Å². The zero-order valence-electron chi connectivity index (χ0n) is 9.28. The maximum atomic E-state index is 4.11. The van der Waals surface area contributed by atoms with Gasteiger partial charge in [0.1, 0.15) is 0 Å². The molecule has 78 valence electrons. The molecule has 0 aliphatic rings. The van der Waals surface area contributed by atoms with Crippen LogP contribution in [0.1, 0.15) is 11.1 Å². The van der Waals surface area contributed by atoms with Crippen molar-refractivity contribution in [3.8, 4) is 0 Å². The molecule has 0 unspecified atom stereocenters. The number of anilines is 2. The molecule has 15 heavy (non-hydrogen) atoms. The highest BCUT2D eigenvalue weighted by molar-refractivity contribution is 5.59. The van der Waals surface area contributed by atoms with Crippen molar-refractivity contribution in [1.82, 2.24) is 9.78 Å². The molecule has 0 amide bonds. The van der Waals surface area contributed by atoms with Crippen LogP contribution in [0.15, 0.2) is 30.6 Å². The normalized spacial score (nSPS) is 10.3. The van der Waals surface area contributed by atoms with Gasteiger partial charge in [0.05, 0.1) is 11.9 Å². The topological polar surface area (TPSA) is 29.9 Å². The van der Waals surface area contributed by atoms with E-state index in [1.165, 1.54) is 11.1 Å². The third-order valence-corrected chi connectivity index (χ3v) is 2.22. The van der Waals surface area contributed by atoms with E-state index in [1.54, 1.807) is 4.68 Å². The fourth-order valence-corrected chi connectivity index (χ4v) is 1.70. The molecule has 3 heteroatoms. The zero-order valence-corrected chi connectivity index (χ0v) is 9.28. The number of benzene rings is 1. The second kappa shape index (κ2) is 3.77. The van der Waals surface area contributed by atoms with Crippen LogP contribution in [0.3, 0.4) is 0 Å². The number of aromatic nitrogens is 2. The quantitative estimate of drug-likeness (QED) is 0.809. The van der Waals surface area contributed by atoms with E-state index in [4.69, 9.17) is 0 Å². The van der Waals surface area contributed by atoms with Crippen molar-refractivity contribution in [1.29, 1.82) is 0 Å². The van der Waals surface area contributed by atoms with E-state index < -0.39 is 0 Å². The largest absolute Gasteiger partial charge is 0.353 e. The van der Waals surface area contributed by atoms with E-state index in [9.17, 15) is 0 Å². The van der Waals surface area contributed by atoms with Gasteiger partial charge in [0.15, 0.2) is 0 Å². The van der Waals surface area contributed by atoms with Gasteiger partial charge in [0, 0.05) is 18.9 Å². The molecule has 1 aromatic carbocycles. The number of nitrogens with one attached hydrogen (secondary N) is 1. The first-order chi connectivity index (χ1) is 7.13. The predicted octanol–water partition coefficient (Wildman–Crippen LogP) is 2.78. The van der Waals surface area contributed by atoms with Crippen LogP contribution < -0.4 is 5.32 Å². The van der Waals surface area contributed by atoms with Crippen LogP contribution in [0.2, 0.25) is 0 Å². The van der Waals surface area contributed by atoms with Crippen molar-refractivity contribution in [3.63, 3.8) is 0 Å². The highest BCUT2D eigenvalue weighted by Crippen LogP contribution is 2.18. The van der Waals surface area contributed by atoms with Crippen molar-refractivity contribution in [2.75, 3.05) is 5.32 Å². The Bertz CT molecular complexity index is 451. The van der Waals surface area contributed by atoms with E-state index in [0.717, 1.165) is 11.4 Å². The minimum absolute atomic E-state index is 1.02. The molecule has 2 aromatic rings. The first-order valence-corrected chi connectivity index (χ1v) is 4.97. The molecule has 0 fully saturated rings. The summed E-state index contributed by atoms with van der Waals surface area (Å²) < 4.78 is 1.78. The van der Waals surface area contributed by atoms with Gasteiger partial charge in [-0.25, -0.2) is 0 Å². The molecule has 0 aliphatic carbocycles. The summed E-state index contributed by atoms with van der Waals surface area (Å²) in [7, 11) is 1.91. The second-order valence-corrected chi connectivity index (χ2v) is 3.90. The van der Waals surface area contributed by atoms with Crippen molar-refractivity contribution in [2.45, 2.75) is 13.8 Å². The lowest BCUT2D eigenvalue weighted by atomic mass is 10.1. The summed E-state index contributed by atoms with van der Waals surface area (Å²) in [6.07, 6.45) is 3.77. The Morgan fingerprint density at radius 1 is 1.07 bits per heavy atom. The number of aryl methyl sites for hydroxylation is 3. The maximum Gasteiger partial charge on any atom is 0.0770 e. The number of nitrogens with zero attached hydrogens (tertiary/aromatic N) is 2. The summed E-state index contributed by atoms with van der Waals surface area (Å²) in [6, 6.07) is 6.41. The van der Waals surface area contributed by atoms with E-state index in [1.807, 2.05) is 19.4 Å². The third-order valence-electron chi connectivity index (χ3n) is 2.22. The molecule has 0 spiro atoms. The van der Waals surface area contributed by atoms with Gasteiger partial charge in [-0.15, -0.1) is 0 Å². The van der Waals surface area contributed by atoms with Crippen LogP contribution >= 0.6 is 0 Å². The third kappa shape index (κ3) is 2.37. The Balaban J connectivity index is 2.24. The molecular formula is C12H15N3. The second-order valence-electron chi connectivity index (χ2n) is 3.90. The van der Waals surface area contributed by atoms with Gasteiger partial charge in [0.25, 0.3) is 0 Å². The van der Waals surface area contributed by atoms with Crippen LogP contribution in [-0.4, -0.2) is 9.78 Å². The Kier molecular flexibility index (Phi) is 2.46. The maximum absolute atomic E-state index is 4.11. The highest BCUT2D eigenvalue weighted by Gasteiger charge is 1.98. The van der Waals surface area contributed by atoms with Crippen molar-refractivity contribution < 1.29 is 0 Å². The molecule has 2 rings (SSSR count). The minimum atomic E-state index is 1.02. The van der Waals surface area contributed by atoms with Crippen LogP contribution in [0.4, 0.5) is 11.4 Å². The first-order valence-electron chi connectivity index (χ1n) is 4.97. The molecular weight excluding hydrogens is 186 g/mol. The minimum Gasteiger partial charge on any atom is -0.353 e. The Labute approximate surface area is 89.7 Å². The van der Waals surface area contributed by atoms with Gasteiger partial charge in [0.2, 0.25) is 0 Å². The smallest absolute Gasteiger partial charge is 0.0770 e. The van der Waals surface area contributed by atoms with Crippen LogP contribution in [0.25, 0.3) is 0 Å². The molecule has 0 radical (unpaired) electrons. The Morgan fingerprint density at radius 2 is 1.73 bits per heavy atom. The lowest BCUT2D eigenvalue weighted by Crippen LogP contribution is -1.90. The van der Waals surface area contributed by atoms with Crippen LogP contribution in [-0.2, 0) is 7.05 Å². The summed E-state index contributed by atoms with van der Waals surface area (Å²) in [5.74, 6) is 0. The van der Waals surface area contributed by atoms with Crippen molar-refractivity contribution >= 4 is 11.4 Å². The molecule has 0 atom stereocenters. The van der Waals surface area contributed by atoms with E-state index in [2.05, 4.69) is 42.5 Å². The van der Waals surface area contributed by atoms with Gasteiger partial charge in [-0.1, -0.05) is 6.07 Å². The molecule has 0 saturated heterocycles. The summed E-state index contributed by atoms with van der Waals surface area (Å²) in [4.78, 5) is 0. The highest BCUT2D eigenvalue weighted by atomic mass is 15.3. The lowest BCUT2D eigenvalue weighted by Gasteiger charge is -2.05. The van der Waals surface area contributed by atoms with Gasteiger partial charge >= 0.3 is 0 Å². The van der Waals surface area contributed by atoms with E-state index >= 15 is 0 Å². The molecule has 1 N–H and O–H groups in total. The fraction of sp³-hybridized carbons (Fsp3) is 0.250. The standard InChI is InChI=1S/C12H15N3/c1-9-4-10(2)6-11(5-9)14-12-7-13-15(3)8-12/h4-8,14H,1-3H3. The molecule has 0 saturated carbocycles. The van der Waals surface area contributed by atoms with Crippen LogP contribution in [0, 0.1) is 13.8 Å². The monoisotopic (exact) mass is 201 g/mol. The van der Waals surface area contributed by atoms with Crippen LogP contribution in [0.5, 0.6) is 0 Å². The SMILES string of the molecule is Cc1cc(C)cc(Nc2cnn(C)c2)c1. The van der Waals surface area contributed by atoms with E-state index in [0.29, 0.717) is 0 Å². The zero-order chi connectivity index (χ0) is 10.8.